The van der Waals surface area contributed by atoms with E-state index in [0.29, 0.717) is 6.10 Å². The summed E-state index contributed by atoms with van der Waals surface area (Å²) in [5, 5.41) is 0. The van der Waals surface area contributed by atoms with E-state index < -0.39 is 0 Å². The van der Waals surface area contributed by atoms with E-state index in [9.17, 15) is 0 Å². The summed E-state index contributed by atoms with van der Waals surface area (Å²) in [6, 6.07) is 8.25. The zero-order valence-corrected chi connectivity index (χ0v) is 9.56. The van der Waals surface area contributed by atoms with Gasteiger partial charge in [0.05, 0.1) is 0 Å². The second kappa shape index (κ2) is 3.97. The van der Waals surface area contributed by atoms with E-state index in [-0.39, 0.29) is 0 Å². The number of benzene rings is 1. The van der Waals surface area contributed by atoms with Gasteiger partial charge in [-0.3, -0.25) is 0 Å². The topological polar surface area (TPSA) is 9.23 Å². The SMILES string of the molecule is C=Cc1ccc(OC2CC3CCC2C3)cc1. The molecule has 0 amide bonds. The average Bonchev–Trinajstić information content (AvgIpc) is 2.92. The Labute approximate surface area is 97.1 Å². The van der Waals surface area contributed by atoms with Crippen LogP contribution in [0, 0.1) is 11.8 Å². The zero-order valence-electron chi connectivity index (χ0n) is 9.56. The van der Waals surface area contributed by atoms with E-state index in [0.717, 1.165) is 23.1 Å². The molecule has 3 rings (SSSR count). The third kappa shape index (κ3) is 1.75. The molecule has 16 heavy (non-hydrogen) atoms. The Kier molecular flexibility index (Phi) is 2.47. The van der Waals surface area contributed by atoms with Gasteiger partial charge in [0.15, 0.2) is 0 Å². The fraction of sp³-hybridized carbons (Fsp3) is 0.467. The van der Waals surface area contributed by atoms with Gasteiger partial charge in [0.1, 0.15) is 11.9 Å². The molecular formula is C15H18O. The fourth-order valence-electron chi connectivity index (χ4n) is 3.19. The van der Waals surface area contributed by atoms with Gasteiger partial charge in [-0.15, -0.1) is 0 Å². The molecule has 1 aromatic carbocycles. The third-order valence-electron chi connectivity index (χ3n) is 4.08. The standard InChI is InChI=1S/C15H18O/c1-2-11-4-7-14(8-5-11)16-15-10-12-3-6-13(15)9-12/h2,4-5,7-8,12-13,15H,1,3,6,9-10H2. The van der Waals surface area contributed by atoms with E-state index in [2.05, 4.69) is 30.8 Å². The van der Waals surface area contributed by atoms with Crippen molar-refractivity contribution in [2.45, 2.75) is 31.8 Å². The fourth-order valence-corrected chi connectivity index (χ4v) is 3.19. The lowest BCUT2D eigenvalue weighted by molar-refractivity contribution is 0.138. The monoisotopic (exact) mass is 214 g/mol. The zero-order chi connectivity index (χ0) is 11.0. The van der Waals surface area contributed by atoms with Crippen LogP contribution >= 0.6 is 0 Å². The van der Waals surface area contributed by atoms with Gasteiger partial charge in [0.2, 0.25) is 0 Å². The Bertz CT molecular complexity index is 379. The molecule has 2 fully saturated rings. The molecule has 2 aliphatic carbocycles. The molecule has 1 nitrogen and oxygen atoms in total. The van der Waals surface area contributed by atoms with Gasteiger partial charge < -0.3 is 4.74 Å². The van der Waals surface area contributed by atoms with Crippen molar-refractivity contribution in [3.63, 3.8) is 0 Å². The van der Waals surface area contributed by atoms with E-state index in [1.807, 2.05) is 6.08 Å². The Morgan fingerprint density at radius 3 is 2.50 bits per heavy atom. The molecule has 84 valence electrons. The van der Waals surface area contributed by atoms with Crippen LogP contribution in [0.4, 0.5) is 0 Å². The molecular weight excluding hydrogens is 196 g/mol. The third-order valence-corrected chi connectivity index (χ3v) is 4.08. The molecule has 2 saturated carbocycles. The maximum absolute atomic E-state index is 6.07. The van der Waals surface area contributed by atoms with Crippen LogP contribution in [0.1, 0.15) is 31.2 Å². The minimum absolute atomic E-state index is 0.480. The lowest BCUT2D eigenvalue weighted by atomic mass is 9.98. The number of ether oxygens (including phenoxy) is 1. The molecule has 0 spiro atoms. The van der Waals surface area contributed by atoms with Crippen molar-refractivity contribution >= 4 is 6.08 Å². The predicted molar refractivity (Wildman–Crippen MR) is 66.4 cm³/mol. The summed E-state index contributed by atoms with van der Waals surface area (Å²) < 4.78 is 6.07. The first-order chi connectivity index (χ1) is 7.85. The van der Waals surface area contributed by atoms with Crippen molar-refractivity contribution < 1.29 is 4.74 Å². The number of hydrogen-bond donors (Lipinski definition) is 0. The van der Waals surface area contributed by atoms with Crippen molar-refractivity contribution in [1.82, 2.24) is 0 Å². The smallest absolute Gasteiger partial charge is 0.119 e. The molecule has 0 saturated heterocycles. The van der Waals surface area contributed by atoms with Gasteiger partial charge in [-0.2, -0.15) is 0 Å². The van der Waals surface area contributed by atoms with Crippen LogP contribution < -0.4 is 4.74 Å². The summed E-state index contributed by atoms with van der Waals surface area (Å²) in [4.78, 5) is 0. The Hall–Kier alpha value is -1.24. The van der Waals surface area contributed by atoms with Gasteiger partial charge in [-0.1, -0.05) is 24.8 Å². The van der Waals surface area contributed by atoms with Crippen LogP contribution in [0.15, 0.2) is 30.8 Å². The van der Waals surface area contributed by atoms with E-state index in [1.54, 1.807) is 0 Å². The molecule has 0 N–H and O–H groups in total. The van der Waals surface area contributed by atoms with Crippen LogP contribution in [-0.2, 0) is 0 Å². The van der Waals surface area contributed by atoms with Gasteiger partial charge in [0, 0.05) is 0 Å². The second-order valence-electron chi connectivity index (χ2n) is 5.10. The summed E-state index contributed by atoms with van der Waals surface area (Å²) in [7, 11) is 0. The predicted octanol–water partition coefficient (Wildman–Crippen LogP) is 3.90. The lowest BCUT2D eigenvalue weighted by Gasteiger charge is -2.23. The average molecular weight is 214 g/mol. The summed E-state index contributed by atoms with van der Waals surface area (Å²) in [6.45, 7) is 3.75. The van der Waals surface area contributed by atoms with Gasteiger partial charge in [-0.25, -0.2) is 0 Å². The van der Waals surface area contributed by atoms with Crippen molar-refractivity contribution in [1.29, 1.82) is 0 Å². The number of rotatable bonds is 3. The molecule has 1 aromatic rings. The minimum atomic E-state index is 0.480. The summed E-state index contributed by atoms with van der Waals surface area (Å²) >= 11 is 0. The van der Waals surface area contributed by atoms with Crippen LogP contribution in [0.2, 0.25) is 0 Å². The van der Waals surface area contributed by atoms with Crippen molar-refractivity contribution in [2.75, 3.05) is 0 Å². The summed E-state index contributed by atoms with van der Waals surface area (Å²) in [6.07, 6.45) is 7.82. The molecule has 2 bridgehead atoms. The van der Waals surface area contributed by atoms with Gasteiger partial charge in [-0.05, 0) is 55.2 Å². The Morgan fingerprint density at radius 1 is 1.12 bits per heavy atom. The molecule has 0 aromatic heterocycles. The first kappa shape index (κ1) is 9.95. The molecule has 0 aliphatic heterocycles. The van der Waals surface area contributed by atoms with Crippen molar-refractivity contribution in [3.8, 4) is 5.75 Å². The van der Waals surface area contributed by atoms with Gasteiger partial charge in [0.25, 0.3) is 0 Å². The minimum Gasteiger partial charge on any atom is -0.490 e. The molecule has 2 aliphatic rings. The number of fused-ring (bicyclic) bond motifs is 2. The van der Waals surface area contributed by atoms with Crippen LogP contribution in [0.25, 0.3) is 6.08 Å². The number of hydrogen-bond acceptors (Lipinski definition) is 1. The van der Waals surface area contributed by atoms with Gasteiger partial charge >= 0.3 is 0 Å². The highest BCUT2D eigenvalue weighted by Crippen LogP contribution is 2.45. The van der Waals surface area contributed by atoms with Crippen LogP contribution in [0.3, 0.4) is 0 Å². The van der Waals surface area contributed by atoms with Crippen LogP contribution in [0.5, 0.6) is 5.75 Å². The summed E-state index contributed by atoms with van der Waals surface area (Å²) in [5.41, 5.74) is 1.15. The molecule has 0 heterocycles. The van der Waals surface area contributed by atoms with Crippen molar-refractivity contribution in [3.05, 3.63) is 36.4 Å². The lowest BCUT2D eigenvalue weighted by Crippen LogP contribution is -2.23. The Balaban J connectivity index is 1.67. The highest BCUT2D eigenvalue weighted by atomic mass is 16.5. The van der Waals surface area contributed by atoms with E-state index in [4.69, 9.17) is 4.74 Å². The van der Waals surface area contributed by atoms with E-state index in [1.165, 1.54) is 25.7 Å². The largest absolute Gasteiger partial charge is 0.490 e. The summed E-state index contributed by atoms with van der Waals surface area (Å²) in [5.74, 6) is 2.79. The highest BCUT2D eigenvalue weighted by Gasteiger charge is 2.40. The highest BCUT2D eigenvalue weighted by molar-refractivity contribution is 5.48. The molecule has 1 heteroatoms. The van der Waals surface area contributed by atoms with Crippen LogP contribution in [-0.4, -0.2) is 6.10 Å². The molecule has 3 atom stereocenters. The first-order valence-corrected chi connectivity index (χ1v) is 6.24. The quantitative estimate of drug-likeness (QED) is 0.741. The first-order valence-electron chi connectivity index (χ1n) is 6.24. The molecule has 0 radical (unpaired) electrons. The maximum atomic E-state index is 6.07. The van der Waals surface area contributed by atoms with Crippen molar-refractivity contribution in [2.24, 2.45) is 11.8 Å². The maximum Gasteiger partial charge on any atom is 0.119 e. The normalized spacial score (nSPS) is 31.6. The van der Waals surface area contributed by atoms with E-state index >= 15 is 0 Å². The Morgan fingerprint density at radius 2 is 1.94 bits per heavy atom. The molecule has 3 unspecified atom stereocenters. The second-order valence-corrected chi connectivity index (χ2v) is 5.10.